The molecular weight excluding hydrogens is 432 g/mol. The first kappa shape index (κ1) is 29.9. The van der Waals surface area contributed by atoms with Crippen molar-refractivity contribution in [1.82, 2.24) is 0 Å². The SMILES string of the molecule is C#C.CC.CC(C)=CCC[C@@H](C)C1CC[C@@]2(C)C3CCC4C(C)(C)C(C)CCC45[C@@H](C)[C@@]35CCC12C. The number of hydrogen-bond acceptors (Lipinski definition) is 0. The van der Waals surface area contributed by atoms with Gasteiger partial charge in [-0.05, 0) is 141 Å². The average molecular weight is 495 g/mol. The van der Waals surface area contributed by atoms with Crippen LogP contribution in [0.4, 0.5) is 0 Å². The van der Waals surface area contributed by atoms with Crippen molar-refractivity contribution in [3.05, 3.63) is 11.6 Å². The highest BCUT2D eigenvalue weighted by molar-refractivity contribution is 5.33. The Bertz CT molecular complexity index is 824. The molecule has 5 rings (SSSR count). The Kier molecular flexibility index (Phi) is 8.39. The maximum absolute atomic E-state index is 4.00. The molecule has 0 saturated heterocycles. The minimum absolute atomic E-state index is 0.542. The van der Waals surface area contributed by atoms with Crippen molar-refractivity contribution in [2.45, 2.75) is 140 Å². The van der Waals surface area contributed by atoms with E-state index in [-0.39, 0.29) is 0 Å². The van der Waals surface area contributed by atoms with E-state index in [2.05, 4.69) is 81.2 Å². The molecule has 5 aliphatic carbocycles. The second-order valence-corrected chi connectivity index (χ2v) is 15.1. The van der Waals surface area contributed by atoms with E-state index in [1.807, 2.05) is 13.8 Å². The fraction of sp³-hybridized carbons (Fsp3) is 0.889. The lowest BCUT2D eigenvalue weighted by Gasteiger charge is -2.63. The Morgan fingerprint density at radius 2 is 1.39 bits per heavy atom. The number of fused-ring (bicyclic) bond motifs is 2. The molecule has 0 aromatic heterocycles. The molecule has 0 N–H and O–H groups in total. The molecule has 0 radical (unpaired) electrons. The van der Waals surface area contributed by atoms with E-state index < -0.39 is 0 Å². The molecule has 10 atom stereocenters. The molecule has 0 bridgehead atoms. The normalized spacial score (nSPS) is 48.2. The second-order valence-electron chi connectivity index (χ2n) is 15.1. The van der Waals surface area contributed by atoms with Crippen LogP contribution in [0.5, 0.6) is 0 Å². The summed E-state index contributed by atoms with van der Waals surface area (Å²) < 4.78 is 0. The minimum Gasteiger partial charge on any atom is -0.124 e. The molecule has 0 heteroatoms. The van der Waals surface area contributed by atoms with Gasteiger partial charge in [-0.2, -0.15) is 0 Å². The van der Waals surface area contributed by atoms with Gasteiger partial charge in [0.15, 0.2) is 0 Å². The van der Waals surface area contributed by atoms with Crippen LogP contribution < -0.4 is 0 Å². The summed E-state index contributed by atoms with van der Waals surface area (Å²) >= 11 is 0. The first-order valence-corrected chi connectivity index (χ1v) is 15.9. The number of allylic oxidation sites excluding steroid dienone is 2. The van der Waals surface area contributed by atoms with Gasteiger partial charge in [0, 0.05) is 0 Å². The molecule has 0 aromatic rings. The summed E-state index contributed by atoms with van der Waals surface area (Å²) in [5.41, 5.74) is 4.58. The smallest absolute Gasteiger partial charge is 0.0170 e. The standard InChI is InChI=1S/C32H54.C2H6.C2H2/c1-21(2)11-10-12-22(3)25-16-17-30(9)27-14-13-26-28(6,7)23(4)15-18-31(26)24(5)32(27,31)20-19-29(25,30)8;2*1-2/h11,22-27H,10,12-20H2,1-9H3;1-2H3;1-2H/t22-,23?,24-,25?,26?,27?,29?,30+,31?,32+;;/m1../s1. The van der Waals surface area contributed by atoms with Gasteiger partial charge in [-0.3, -0.25) is 0 Å². The van der Waals surface area contributed by atoms with E-state index in [4.69, 9.17) is 0 Å². The van der Waals surface area contributed by atoms with Gasteiger partial charge >= 0.3 is 0 Å². The number of terminal acetylenes is 1. The van der Waals surface area contributed by atoms with Crippen molar-refractivity contribution in [3.63, 3.8) is 0 Å². The van der Waals surface area contributed by atoms with Crippen LogP contribution in [0.25, 0.3) is 0 Å². The van der Waals surface area contributed by atoms with E-state index >= 15 is 0 Å². The topological polar surface area (TPSA) is 0 Å². The summed E-state index contributed by atoms with van der Waals surface area (Å²) in [5, 5.41) is 0. The largest absolute Gasteiger partial charge is 0.124 e. The van der Waals surface area contributed by atoms with Crippen molar-refractivity contribution >= 4 is 0 Å². The third-order valence-corrected chi connectivity index (χ3v) is 14.3. The quantitative estimate of drug-likeness (QED) is 0.269. The fourth-order valence-electron chi connectivity index (χ4n) is 12.1. The molecule has 6 unspecified atom stereocenters. The molecule has 5 saturated carbocycles. The molecule has 0 amide bonds. The zero-order chi connectivity index (χ0) is 27.3. The lowest BCUT2D eigenvalue weighted by molar-refractivity contribution is -0.149. The molecule has 36 heavy (non-hydrogen) atoms. The zero-order valence-electron chi connectivity index (χ0n) is 26.3. The highest BCUT2D eigenvalue weighted by Crippen LogP contribution is 2.91. The average Bonchev–Trinajstić information content (AvgIpc) is 3.24. The highest BCUT2D eigenvalue weighted by atomic mass is 14.9. The fourth-order valence-corrected chi connectivity index (χ4v) is 12.1. The summed E-state index contributed by atoms with van der Waals surface area (Å²) in [6.45, 7) is 27.3. The Balaban J connectivity index is 0.000000861. The molecule has 5 fully saturated rings. The Morgan fingerprint density at radius 3 is 2.00 bits per heavy atom. The third-order valence-electron chi connectivity index (χ3n) is 14.3. The molecule has 2 spiro atoms. The van der Waals surface area contributed by atoms with Gasteiger partial charge in [0.1, 0.15) is 0 Å². The zero-order valence-corrected chi connectivity index (χ0v) is 26.3. The van der Waals surface area contributed by atoms with Crippen molar-refractivity contribution in [2.24, 2.45) is 62.6 Å². The molecule has 0 aliphatic heterocycles. The Hall–Kier alpha value is -0.700. The first-order valence-electron chi connectivity index (χ1n) is 15.9. The lowest BCUT2D eigenvalue weighted by atomic mass is 9.41. The maximum Gasteiger partial charge on any atom is -0.0170 e. The van der Waals surface area contributed by atoms with Gasteiger partial charge in [0.2, 0.25) is 0 Å². The van der Waals surface area contributed by atoms with Gasteiger partial charge in [-0.1, -0.05) is 74.0 Å². The van der Waals surface area contributed by atoms with E-state index in [9.17, 15) is 0 Å². The van der Waals surface area contributed by atoms with Crippen LogP contribution in [0, 0.1) is 75.4 Å². The third kappa shape index (κ3) is 3.67. The van der Waals surface area contributed by atoms with Crippen LogP contribution in [0.1, 0.15) is 140 Å². The van der Waals surface area contributed by atoms with Gasteiger partial charge in [0.05, 0.1) is 0 Å². The van der Waals surface area contributed by atoms with Crippen LogP contribution in [-0.4, -0.2) is 0 Å². The molecule has 206 valence electrons. The summed E-state index contributed by atoms with van der Waals surface area (Å²) in [4.78, 5) is 0. The lowest BCUT2D eigenvalue weighted by Crippen LogP contribution is -2.56. The minimum atomic E-state index is 0.542. The van der Waals surface area contributed by atoms with Gasteiger partial charge in [-0.15, -0.1) is 12.8 Å². The van der Waals surface area contributed by atoms with Crippen molar-refractivity contribution in [1.29, 1.82) is 0 Å². The van der Waals surface area contributed by atoms with Crippen molar-refractivity contribution in [2.75, 3.05) is 0 Å². The van der Waals surface area contributed by atoms with Crippen LogP contribution in [0.15, 0.2) is 11.6 Å². The Morgan fingerprint density at radius 1 is 0.806 bits per heavy atom. The summed E-state index contributed by atoms with van der Waals surface area (Å²) in [5.74, 6) is 5.69. The van der Waals surface area contributed by atoms with Crippen molar-refractivity contribution < 1.29 is 0 Å². The predicted molar refractivity (Wildman–Crippen MR) is 160 cm³/mol. The number of rotatable bonds is 4. The van der Waals surface area contributed by atoms with Gasteiger partial charge in [-0.25, -0.2) is 0 Å². The van der Waals surface area contributed by atoms with E-state index in [1.54, 1.807) is 12.8 Å². The molecule has 0 heterocycles. The van der Waals surface area contributed by atoms with E-state index in [0.29, 0.717) is 27.1 Å². The van der Waals surface area contributed by atoms with Crippen LogP contribution in [0.3, 0.4) is 0 Å². The van der Waals surface area contributed by atoms with Crippen LogP contribution in [0.2, 0.25) is 0 Å². The summed E-state index contributed by atoms with van der Waals surface area (Å²) in [6, 6.07) is 0. The van der Waals surface area contributed by atoms with Gasteiger partial charge < -0.3 is 0 Å². The summed E-state index contributed by atoms with van der Waals surface area (Å²) in [7, 11) is 0. The monoisotopic (exact) mass is 494 g/mol. The van der Waals surface area contributed by atoms with Gasteiger partial charge in [0.25, 0.3) is 0 Å². The highest BCUT2D eigenvalue weighted by Gasteiger charge is 2.85. The van der Waals surface area contributed by atoms with E-state index in [1.165, 1.54) is 56.9 Å². The Labute approximate surface area is 227 Å². The predicted octanol–water partition coefficient (Wildman–Crippen LogP) is 11.0. The van der Waals surface area contributed by atoms with E-state index in [0.717, 1.165) is 35.5 Å². The molecule has 5 aliphatic rings. The van der Waals surface area contributed by atoms with Crippen molar-refractivity contribution in [3.8, 4) is 12.8 Å². The first-order chi connectivity index (χ1) is 16.9. The second kappa shape index (κ2) is 10.1. The number of hydrogen-bond donors (Lipinski definition) is 0. The maximum atomic E-state index is 4.00. The molecule has 0 nitrogen and oxygen atoms in total. The summed E-state index contributed by atoms with van der Waals surface area (Å²) in [6.07, 6.45) is 25.4. The van der Waals surface area contributed by atoms with Crippen LogP contribution in [-0.2, 0) is 0 Å². The van der Waals surface area contributed by atoms with Crippen LogP contribution >= 0.6 is 0 Å². The molecular formula is C36H62. The molecule has 0 aromatic carbocycles.